The number of likely N-dealkylation sites (tertiary alicyclic amines) is 1. The molecule has 1 fully saturated rings. The van der Waals surface area contributed by atoms with Crippen molar-refractivity contribution in [3.63, 3.8) is 0 Å². The summed E-state index contributed by atoms with van der Waals surface area (Å²) in [7, 11) is 4.00. The van der Waals surface area contributed by atoms with Crippen molar-refractivity contribution in [2.45, 2.75) is 24.9 Å². The number of carbonyl (C=O) groups excluding carboxylic acids is 1. The third-order valence-corrected chi connectivity index (χ3v) is 6.79. The number of alkyl halides is 3. The van der Waals surface area contributed by atoms with Crippen LogP contribution in [-0.4, -0.2) is 53.4 Å². The third kappa shape index (κ3) is 6.36. The summed E-state index contributed by atoms with van der Waals surface area (Å²) in [5.41, 5.74) is 3.26. The fourth-order valence-corrected chi connectivity index (χ4v) is 4.47. The Hall–Kier alpha value is -4.54. The topological polar surface area (TPSA) is 83.6 Å². The molecule has 1 N–H and O–H groups in total. The second kappa shape index (κ2) is 11.3. The minimum absolute atomic E-state index is 0.0206. The quantitative estimate of drug-likeness (QED) is 0.286. The maximum Gasteiger partial charge on any atom is 0.417 e. The van der Waals surface area contributed by atoms with Gasteiger partial charge in [0.1, 0.15) is 11.5 Å². The Morgan fingerprint density at radius 1 is 0.975 bits per heavy atom. The molecule has 11 heteroatoms. The van der Waals surface area contributed by atoms with Gasteiger partial charge in [-0.1, -0.05) is 12.1 Å². The SMILES string of the molecule is CN(C)c1ccc(-c2cc(C3CCN(C(=O)Oc4ccc(Oc5ccc(C(F)(F)F)cn5)cc4)CC3)[nH]n2)cc1. The summed E-state index contributed by atoms with van der Waals surface area (Å²) < 4.78 is 49.0. The molecule has 0 saturated carbocycles. The van der Waals surface area contributed by atoms with Gasteiger partial charge in [0.15, 0.2) is 0 Å². The average molecular weight is 552 g/mol. The van der Waals surface area contributed by atoms with Crippen molar-refractivity contribution in [1.29, 1.82) is 0 Å². The van der Waals surface area contributed by atoms with Crippen LogP contribution in [-0.2, 0) is 6.18 Å². The normalized spacial score (nSPS) is 14.2. The van der Waals surface area contributed by atoms with E-state index >= 15 is 0 Å². The predicted octanol–water partition coefficient (Wildman–Crippen LogP) is 6.73. The van der Waals surface area contributed by atoms with Crippen LogP contribution in [0.3, 0.4) is 0 Å². The summed E-state index contributed by atoms with van der Waals surface area (Å²) >= 11 is 0. The molecule has 0 bridgehead atoms. The van der Waals surface area contributed by atoms with Gasteiger partial charge >= 0.3 is 12.3 Å². The lowest BCUT2D eigenvalue weighted by atomic mass is 9.93. The van der Waals surface area contributed by atoms with E-state index in [4.69, 9.17) is 9.47 Å². The van der Waals surface area contributed by atoms with Crippen LogP contribution in [0.4, 0.5) is 23.7 Å². The van der Waals surface area contributed by atoms with Gasteiger partial charge in [0.2, 0.25) is 5.88 Å². The van der Waals surface area contributed by atoms with Gasteiger partial charge in [0.25, 0.3) is 0 Å². The summed E-state index contributed by atoms with van der Waals surface area (Å²) in [6.07, 6.45) is -2.63. The van der Waals surface area contributed by atoms with Crippen LogP contribution < -0.4 is 14.4 Å². The van der Waals surface area contributed by atoms with Crippen molar-refractivity contribution in [1.82, 2.24) is 20.1 Å². The standard InChI is InChI=1S/C29H28F3N5O3/c1-36(2)22-6-3-19(4-7-22)25-17-26(35-34-25)20-13-15-37(16-14-20)28(38)40-24-10-8-23(9-11-24)39-27-12-5-21(18-33-27)29(30,31)32/h3-12,17-18,20H,13-16H2,1-2H3,(H,34,35). The number of piperidine rings is 1. The Morgan fingerprint density at radius 3 is 2.25 bits per heavy atom. The molecular weight excluding hydrogens is 523 g/mol. The van der Waals surface area contributed by atoms with Gasteiger partial charge in [-0.2, -0.15) is 18.3 Å². The van der Waals surface area contributed by atoms with Gasteiger partial charge in [-0.25, -0.2) is 9.78 Å². The van der Waals surface area contributed by atoms with Crippen molar-refractivity contribution < 1.29 is 27.4 Å². The molecule has 0 unspecified atom stereocenters. The number of aromatic amines is 1. The maximum absolute atomic E-state index is 12.7. The maximum atomic E-state index is 12.7. The lowest BCUT2D eigenvalue weighted by molar-refractivity contribution is -0.137. The number of nitrogens with zero attached hydrogens (tertiary/aromatic N) is 4. The number of ether oxygens (including phenoxy) is 2. The van der Waals surface area contributed by atoms with Crippen LogP contribution in [0.5, 0.6) is 17.4 Å². The first-order chi connectivity index (χ1) is 19.2. The predicted molar refractivity (Wildman–Crippen MR) is 144 cm³/mol. The highest BCUT2D eigenvalue weighted by Gasteiger charge is 2.31. The number of amides is 1. The monoisotopic (exact) mass is 551 g/mol. The van der Waals surface area contributed by atoms with Crippen LogP contribution in [0.1, 0.15) is 30.0 Å². The second-order valence-corrected chi connectivity index (χ2v) is 9.74. The van der Waals surface area contributed by atoms with Gasteiger partial charge in [0, 0.05) is 62.3 Å². The van der Waals surface area contributed by atoms with Crippen LogP contribution in [0.15, 0.2) is 72.9 Å². The first-order valence-corrected chi connectivity index (χ1v) is 12.8. The molecule has 1 aliphatic heterocycles. The fraction of sp³-hybridized carbons (Fsp3) is 0.276. The van der Waals surface area contributed by atoms with E-state index in [1.165, 1.54) is 0 Å². The van der Waals surface area contributed by atoms with E-state index in [0.29, 0.717) is 30.8 Å². The second-order valence-electron chi connectivity index (χ2n) is 9.74. The van der Waals surface area contributed by atoms with E-state index in [1.54, 1.807) is 29.2 Å². The Balaban J connectivity index is 1.11. The van der Waals surface area contributed by atoms with E-state index in [-0.39, 0.29) is 11.8 Å². The molecule has 0 atom stereocenters. The number of anilines is 1. The number of H-pyrrole nitrogens is 1. The van der Waals surface area contributed by atoms with Crippen LogP contribution in [0.25, 0.3) is 11.3 Å². The van der Waals surface area contributed by atoms with Gasteiger partial charge in [-0.15, -0.1) is 0 Å². The number of nitrogens with one attached hydrogen (secondary N) is 1. The number of hydrogen-bond donors (Lipinski definition) is 1. The zero-order valence-electron chi connectivity index (χ0n) is 22.0. The van der Waals surface area contributed by atoms with E-state index in [2.05, 4.69) is 45.5 Å². The zero-order chi connectivity index (χ0) is 28.3. The molecule has 8 nitrogen and oxygen atoms in total. The van der Waals surface area contributed by atoms with Crippen molar-refractivity contribution in [2.24, 2.45) is 0 Å². The van der Waals surface area contributed by atoms with Gasteiger partial charge in [0.05, 0.1) is 11.3 Å². The summed E-state index contributed by atoms with van der Waals surface area (Å²) in [5.74, 6) is 0.965. The van der Waals surface area contributed by atoms with E-state index in [0.717, 1.165) is 47.6 Å². The number of carbonyl (C=O) groups is 1. The highest BCUT2D eigenvalue weighted by atomic mass is 19.4. The van der Waals surface area contributed by atoms with Crippen molar-refractivity contribution in [2.75, 3.05) is 32.1 Å². The molecule has 5 rings (SSSR count). The number of halogens is 3. The molecule has 3 heterocycles. The van der Waals surface area contributed by atoms with E-state index in [1.807, 2.05) is 19.0 Å². The Bertz CT molecular complexity index is 1430. The summed E-state index contributed by atoms with van der Waals surface area (Å²) in [6.45, 7) is 1.10. The van der Waals surface area contributed by atoms with E-state index in [9.17, 15) is 18.0 Å². The first-order valence-electron chi connectivity index (χ1n) is 12.8. The van der Waals surface area contributed by atoms with Crippen LogP contribution in [0, 0.1) is 0 Å². The molecule has 1 amide bonds. The van der Waals surface area contributed by atoms with Gasteiger partial charge in [-0.3, -0.25) is 5.10 Å². The first kappa shape index (κ1) is 27.0. The number of pyridine rings is 1. The highest BCUT2D eigenvalue weighted by molar-refractivity contribution is 5.71. The van der Waals surface area contributed by atoms with Crippen molar-refractivity contribution in [3.8, 4) is 28.6 Å². The van der Waals surface area contributed by atoms with E-state index < -0.39 is 17.8 Å². The Morgan fingerprint density at radius 2 is 1.65 bits per heavy atom. The van der Waals surface area contributed by atoms with Crippen molar-refractivity contribution >= 4 is 11.8 Å². The molecule has 40 heavy (non-hydrogen) atoms. The largest absolute Gasteiger partial charge is 0.439 e. The highest BCUT2D eigenvalue weighted by Crippen LogP contribution is 2.32. The van der Waals surface area contributed by atoms with Gasteiger partial charge in [-0.05, 0) is 61.4 Å². The van der Waals surface area contributed by atoms with Crippen LogP contribution >= 0.6 is 0 Å². The summed E-state index contributed by atoms with van der Waals surface area (Å²) in [5, 5.41) is 7.66. The lowest BCUT2D eigenvalue weighted by Crippen LogP contribution is -2.39. The molecule has 0 radical (unpaired) electrons. The molecular formula is C29H28F3N5O3. The number of benzene rings is 2. The molecule has 2 aromatic carbocycles. The molecule has 4 aromatic rings. The Labute approximate surface area is 229 Å². The van der Waals surface area contributed by atoms with Crippen LogP contribution in [0.2, 0.25) is 0 Å². The molecule has 0 aliphatic carbocycles. The smallest absolute Gasteiger partial charge is 0.417 e. The summed E-state index contributed by atoms with van der Waals surface area (Å²) in [6, 6.07) is 18.6. The molecule has 1 saturated heterocycles. The minimum atomic E-state index is -4.46. The lowest BCUT2D eigenvalue weighted by Gasteiger charge is -2.30. The molecule has 1 aliphatic rings. The zero-order valence-corrected chi connectivity index (χ0v) is 22.0. The van der Waals surface area contributed by atoms with Gasteiger partial charge < -0.3 is 19.3 Å². The Kier molecular flexibility index (Phi) is 7.63. The molecule has 2 aromatic heterocycles. The van der Waals surface area contributed by atoms with Crippen molar-refractivity contribution in [3.05, 3.63) is 84.2 Å². The fourth-order valence-electron chi connectivity index (χ4n) is 4.47. The molecule has 0 spiro atoms. The molecule has 208 valence electrons. The number of aromatic nitrogens is 3. The third-order valence-electron chi connectivity index (χ3n) is 6.79. The number of rotatable bonds is 6. The minimum Gasteiger partial charge on any atom is -0.439 e. The average Bonchev–Trinajstić information content (AvgIpc) is 3.44. The number of hydrogen-bond acceptors (Lipinski definition) is 6. The summed E-state index contributed by atoms with van der Waals surface area (Å²) in [4.78, 5) is 20.1.